The highest BCUT2D eigenvalue weighted by Gasteiger charge is 2.14. The molecule has 122 valence electrons. The molecular formula is C17H17Cl2NO2S. The van der Waals surface area contributed by atoms with E-state index in [9.17, 15) is 9.00 Å². The third kappa shape index (κ3) is 5.06. The molecule has 0 saturated heterocycles. The first kappa shape index (κ1) is 18.0. The van der Waals surface area contributed by atoms with Crippen molar-refractivity contribution >= 4 is 39.9 Å². The Bertz CT molecular complexity index is 749. The Labute approximate surface area is 148 Å². The molecule has 2 rings (SSSR count). The maximum absolute atomic E-state index is 12.4. The molecule has 0 aliphatic carbocycles. The Morgan fingerprint density at radius 2 is 1.96 bits per heavy atom. The number of hydrogen-bond donors (Lipinski definition) is 1. The molecule has 0 aromatic heterocycles. The molecule has 1 N–H and O–H groups in total. The summed E-state index contributed by atoms with van der Waals surface area (Å²) in [7, 11) is -0.946. The normalized spacial score (nSPS) is 13.4. The van der Waals surface area contributed by atoms with E-state index in [-0.39, 0.29) is 11.9 Å². The summed E-state index contributed by atoms with van der Waals surface area (Å²) in [5, 5.41) is 3.98. The molecule has 0 heterocycles. The highest BCUT2D eigenvalue weighted by atomic mass is 35.5. The summed E-state index contributed by atoms with van der Waals surface area (Å²) in [5.74, 6) is 0.229. The molecule has 0 aliphatic heterocycles. The van der Waals surface area contributed by atoms with Crippen molar-refractivity contribution in [1.29, 1.82) is 0 Å². The lowest BCUT2D eigenvalue weighted by Gasteiger charge is -2.16. The van der Waals surface area contributed by atoms with Crippen molar-refractivity contribution in [3.05, 3.63) is 69.2 Å². The molecule has 0 radical (unpaired) electrons. The van der Waals surface area contributed by atoms with Gasteiger partial charge < -0.3 is 5.32 Å². The Kier molecular flexibility index (Phi) is 6.22. The van der Waals surface area contributed by atoms with Gasteiger partial charge in [0, 0.05) is 38.4 Å². The number of carbonyl (C=O) groups is 1. The number of carbonyl (C=O) groups excluding carboxylic acids is 1. The average Bonchev–Trinajstić information content (AvgIpc) is 2.46. The molecular weight excluding hydrogens is 353 g/mol. The molecule has 2 aromatic carbocycles. The van der Waals surface area contributed by atoms with E-state index in [0.717, 1.165) is 11.1 Å². The number of rotatable bonds is 5. The van der Waals surface area contributed by atoms with Crippen LogP contribution in [0.4, 0.5) is 0 Å². The van der Waals surface area contributed by atoms with Crippen molar-refractivity contribution < 1.29 is 9.00 Å². The standard InChI is InChI=1S/C17H17Cl2NO2S/c1-11(15-7-6-14(18)9-16(15)19)20-17(21)13-5-3-4-12(8-13)10-23(2)22/h3-9,11H,10H2,1-2H3,(H,20,21). The SMILES string of the molecule is CC(NC(=O)c1cccc(CS(C)=O)c1)c1ccc(Cl)cc1Cl. The molecule has 23 heavy (non-hydrogen) atoms. The Morgan fingerprint density at radius 3 is 2.61 bits per heavy atom. The fraction of sp³-hybridized carbons (Fsp3) is 0.235. The van der Waals surface area contributed by atoms with E-state index in [1.165, 1.54) is 0 Å². The summed E-state index contributed by atoms with van der Waals surface area (Å²) >= 11 is 12.1. The largest absolute Gasteiger partial charge is 0.345 e. The van der Waals surface area contributed by atoms with Crippen molar-refractivity contribution in [2.45, 2.75) is 18.7 Å². The fourth-order valence-electron chi connectivity index (χ4n) is 2.25. The molecule has 3 nitrogen and oxygen atoms in total. The van der Waals surface area contributed by atoms with Gasteiger partial charge in [0.2, 0.25) is 0 Å². The summed E-state index contributed by atoms with van der Waals surface area (Å²) < 4.78 is 11.3. The van der Waals surface area contributed by atoms with E-state index in [1.807, 2.05) is 13.0 Å². The van der Waals surface area contributed by atoms with Gasteiger partial charge >= 0.3 is 0 Å². The molecule has 1 amide bonds. The van der Waals surface area contributed by atoms with Crippen LogP contribution in [0.25, 0.3) is 0 Å². The highest BCUT2D eigenvalue weighted by Crippen LogP contribution is 2.26. The predicted molar refractivity (Wildman–Crippen MR) is 96.6 cm³/mol. The number of amides is 1. The highest BCUT2D eigenvalue weighted by molar-refractivity contribution is 7.83. The van der Waals surface area contributed by atoms with E-state index in [4.69, 9.17) is 23.2 Å². The van der Waals surface area contributed by atoms with Crippen molar-refractivity contribution in [3.8, 4) is 0 Å². The third-order valence-corrected chi connectivity index (χ3v) is 4.64. The lowest BCUT2D eigenvalue weighted by molar-refractivity contribution is 0.0940. The van der Waals surface area contributed by atoms with Crippen molar-refractivity contribution in [2.75, 3.05) is 6.26 Å². The van der Waals surface area contributed by atoms with E-state index >= 15 is 0 Å². The second kappa shape index (κ2) is 7.95. The molecule has 0 fully saturated rings. The van der Waals surface area contributed by atoms with Crippen LogP contribution in [-0.2, 0) is 16.6 Å². The number of hydrogen-bond acceptors (Lipinski definition) is 2. The van der Waals surface area contributed by atoms with Gasteiger partial charge in [-0.25, -0.2) is 0 Å². The van der Waals surface area contributed by atoms with Crippen LogP contribution in [0.5, 0.6) is 0 Å². The van der Waals surface area contributed by atoms with Gasteiger partial charge in [-0.3, -0.25) is 9.00 Å². The lowest BCUT2D eigenvalue weighted by Crippen LogP contribution is -2.26. The topological polar surface area (TPSA) is 46.2 Å². The van der Waals surface area contributed by atoms with Gasteiger partial charge in [-0.15, -0.1) is 0 Å². The van der Waals surface area contributed by atoms with Crippen LogP contribution in [-0.4, -0.2) is 16.4 Å². The predicted octanol–water partition coefficient (Wildman–Crippen LogP) is 4.36. The zero-order valence-corrected chi connectivity index (χ0v) is 15.1. The maximum atomic E-state index is 12.4. The minimum atomic E-state index is -0.946. The van der Waals surface area contributed by atoms with Crippen LogP contribution < -0.4 is 5.32 Å². The van der Waals surface area contributed by atoms with Crippen LogP contribution in [0.2, 0.25) is 10.0 Å². The van der Waals surface area contributed by atoms with Crippen LogP contribution in [0.1, 0.15) is 34.5 Å². The number of halogens is 2. The molecule has 0 saturated carbocycles. The van der Waals surface area contributed by atoms with Crippen LogP contribution in [0, 0.1) is 0 Å². The smallest absolute Gasteiger partial charge is 0.251 e. The first-order valence-electron chi connectivity index (χ1n) is 7.01. The zero-order chi connectivity index (χ0) is 17.0. The summed E-state index contributed by atoms with van der Waals surface area (Å²) in [6, 6.07) is 12.1. The second-order valence-electron chi connectivity index (χ2n) is 5.28. The molecule has 2 unspecified atom stereocenters. The first-order chi connectivity index (χ1) is 10.9. The van der Waals surface area contributed by atoms with E-state index < -0.39 is 10.8 Å². The maximum Gasteiger partial charge on any atom is 0.251 e. The lowest BCUT2D eigenvalue weighted by atomic mass is 10.1. The van der Waals surface area contributed by atoms with Gasteiger partial charge in [-0.1, -0.05) is 41.4 Å². The molecule has 2 aromatic rings. The second-order valence-corrected chi connectivity index (χ2v) is 7.56. The Hall–Kier alpha value is -1.36. The minimum absolute atomic E-state index is 0.202. The summed E-state index contributed by atoms with van der Waals surface area (Å²) in [6.45, 7) is 1.86. The van der Waals surface area contributed by atoms with Crippen molar-refractivity contribution in [3.63, 3.8) is 0 Å². The van der Waals surface area contributed by atoms with Gasteiger partial charge in [-0.2, -0.15) is 0 Å². The number of nitrogens with one attached hydrogen (secondary N) is 1. The summed E-state index contributed by atoms with van der Waals surface area (Å²) in [6.07, 6.45) is 1.64. The summed E-state index contributed by atoms with van der Waals surface area (Å²) in [4.78, 5) is 12.4. The zero-order valence-electron chi connectivity index (χ0n) is 12.8. The van der Waals surface area contributed by atoms with Gasteiger partial charge in [0.1, 0.15) is 0 Å². The van der Waals surface area contributed by atoms with Gasteiger partial charge in [-0.05, 0) is 42.3 Å². The molecule has 2 atom stereocenters. The first-order valence-corrected chi connectivity index (χ1v) is 9.50. The molecule has 6 heteroatoms. The van der Waals surface area contributed by atoms with E-state index in [0.29, 0.717) is 21.4 Å². The quantitative estimate of drug-likeness (QED) is 0.850. The van der Waals surface area contributed by atoms with Crippen LogP contribution in [0.15, 0.2) is 42.5 Å². The van der Waals surface area contributed by atoms with Gasteiger partial charge in [0.15, 0.2) is 0 Å². The van der Waals surface area contributed by atoms with E-state index in [1.54, 1.807) is 42.7 Å². The van der Waals surface area contributed by atoms with Crippen LogP contribution >= 0.6 is 23.2 Å². The van der Waals surface area contributed by atoms with Gasteiger partial charge in [0.05, 0.1) is 6.04 Å². The van der Waals surface area contributed by atoms with Crippen molar-refractivity contribution in [2.24, 2.45) is 0 Å². The van der Waals surface area contributed by atoms with Gasteiger partial charge in [0.25, 0.3) is 5.91 Å². The molecule has 0 aliphatic rings. The Morgan fingerprint density at radius 1 is 1.22 bits per heavy atom. The number of benzene rings is 2. The molecule has 0 bridgehead atoms. The third-order valence-electron chi connectivity index (χ3n) is 3.34. The fourth-order valence-corrected chi connectivity index (χ4v) is 3.47. The Balaban J connectivity index is 2.13. The van der Waals surface area contributed by atoms with Crippen molar-refractivity contribution in [1.82, 2.24) is 5.32 Å². The van der Waals surface area contributed by atoms with E-state index in [2.05, 4.69) is 5.32 Å². The van der Waals surface area contributed by atoms with Crippen LogP contribution in [0.3, 0.4) is 0 Å². The average molecular weight is 370 g/mol. The minimum Gasteiger partial charge on any atom is -0.345 e. The monoisotopic (exact) mass is 369 g/mol. The summed E-state index contributed by atoms with van der Waals surface area (Å²) in [5.41, 5.74) is 2.20. The molecule has 0 spiro atoms.